The van der Waals surface area contributed by atoms with Crippen LogP contribution in [0.15, 0.2) is 35.8 Å². The number of hydrogen-bond donors (Lipinski definition) is 3. The highest BCUT2D eigenvalue weighted by atomic mass is 32.1. The molecular formula is C16H19N3O2S. The number of rotatable bonds is 3. The summed E-state index contributed by atoms with van der Waals surface area (Å²) in [5.41, 5.74) is 1.80. The Bertz CT molecular complexity index is 605. The quantitative estimate of drug-likeness (QED) is 0.813. The fourth-order valence-electron chi connectivity index (χ4n) is 2.63. The van der Waals surface area contributed by atoms with Crippen LogP contribution in [0.4, 0.5) is 10.5 Å². The first-order valence-corrected chi connectivity index (χ1v) is 8.34. The second-order valence-corrected chi connectivity index (χ2v) is 6.41. The molecule has 1 fully saturated rings. The molecule has 0 atom stereocenters. The summed E-state index contributed by atoms with van der Waals surface area (Å²) < 4.78 is 0. The standard InChI is InChI=1S/C16H19N3O2S/c20-14-7-5-13(6-8-14)19-16(21)18-12-3-1-11(2-4-12)15-17-9-10-22-15/h1-4,9-10,13-14,20H,5-8H2,(H2,18,19,21). The fourth-order valence-corrected chi connectivity index (χ4v) is 3.28. The summed E-state index contributed by atoms with van der Waals surface area (Å²) in [5.74, 6) is 0. The largest absolute Gasteiger partial charge is 0.393 e. The molecule has 3 N–H and O–H groups in total. The van der Waals surface area contributed by atoms with Gasteiger partial charge in [-0.25, -0.2) is 9.78 Å². The highest BCUT2D eigenvalue weighted by molar-refractivity contribution is 7.13. The van der Waals surface area contributed by atoms with Crippen molar-refractivity contribution in [2.45, 2.75) is 37.8 Å². The smallest absolute Gasteiger partial charge is 0.319 e. The zero-order valence-electron chi connectivity index (χ0n) is 12.2. The number of aliphatic hydroxyl groups excluding tert-OH is 1. The van der Waals surface area contributed by atoms with Gasteiger partial charge in [-0.05, 0) is 49.9 Å². The highest BCUT2D eigenvalue weighted by Crippen LogP contribution is 2.23. The number of carbonyl (C=O) groups is 1. The van der Waals surface area contributed by atoms with Crippen LogP contribution in [0.5, 0.6) is 0 Å². The van der Waals surface area contributed by atoms with Crippen molar-refractivity contribution >= 4 is 23.1 Å². The van der Waals surface area contributed by atoms with E-state index >= 15 is 0 Å². The molecule has 1 aliphatic carbocycles. The number of anilines is 1. The van der Waals surface area contributed by atoms with Gasteiger partial charge in [-0.15, -0.1) is 11.3 Å². The third kappa shape index (κ3) is 3.84. The lowest BCUT2D eigenvalue weighted by Gasteiger charge is -2.26. The maximum atomic E-state index is 12.0. The monoisotopic (exact) mass is 317 g/mol. The Morgan fingerprint density at radius 2 is 1.91 bits per heavy atom. The van der Waals surface area contributed by atoms with Crippen LogP contribution < -0.4 is 10.6 Å². The lowest BCUT2D eigenvalue weighted by atomic mass is 9.93. The summed E-state index contributed by atoms with van der Waals surface area (Å²) >= 11 is 1.59. The molecule has 6 heteroatoms. The van der Waals surface area contributed by atoms with Gasteiger partial charge in [0.25, 0.3) is 0 Å². The summed E-state index contributed by atoms with van der Waals surface area (Å²) in [6, 6.07) is 7.61. The Hall–Kier alpha value is -1.92. The van der Waals surface area contributed by atoms with Crippen LogP contribution in [-0.4, -0.2) is 28.3 Å². The van der Waals surface area contributed by atoms with E-state index in [1.165, 1.54) is 0 Å². The zero-order chi connectivity index (χ0) is 15.4. The molecule has 2 amide bonds. The van der Waals surface area contributed by atoms with Crippen molar-refractivity contribution in [2.75, 3.05) is 5.32 Å². The average Bonchev–Trinajstić information content (AvgIpc) is 3.05. The second-order valence-electron chi connectivity index (χ2n) is 5.52. The molecule has 0 bridgehead atoms. The average molecular weight is 317 g/mol. The minimum absolute atomic E-state index is 0.151. The number of nitrogens with zero attached hydrogens (tertiary/aromatic N) is 1. The van der Waals surface area contributed by atoms with Crippen LogP contribution in [0.3, 0.4) is 0 Å². The molecule has 0 aliphatic heterocycles. The van der Waals surface area contributed by atoms with Gasteiger partial charge in [-0.2, -0.15) is 0 Å². The van der Waals surface area contributed by atoms with Crippen LogP contribution in [0.2, 0.25) is 0 Å². The molecule has 5 nitrogen and oxygen atoms in total. The minimum atomic E-state index is -0.209. The molecule has 1 heterocycles. The molecule has 0 radical (unpaired) electrons. The minimum Gasteiger partial charge on any atom is -0.393 e. The molecule has 1 aliphatic rings. The van der Waals surface area contributed by atoms with Gasteiger partial charge in [0.1, 0.15) is 5.01 Å². The zero-order valence-corrected chi connectivity index (χ0v) is 13.0. The van der Waals surface area contributed by atoms with E-state index in [1.54, 1.807) is 17.5 Å². The molecule has 1 aromatic heterocycles. The number of nitrogens with one attached hydrogen (secondary N) is 2. The SMILES string of the molecule is O=C(Nc1ccc(-c2nccs2)cc1)NC1CCC(O)CC1. The van der Waals surface area contributed by atoms with Crippen molar-refractivity contribution in [3.05, 3.63) is 35.8 Å². The Morgan fingerprint density at radius 1 is 1.18 bits per heavy atom. The fraction of sp³-hybridized carbons (Fsp3) is 0.375. The number of urea groups is 1. The summed E-state index contributed by atoms with van der Waals surface area (Å²) in [6.45, 7) is 0. The Kier molecular flexibility index (Phi) is 4.70. The van der Waals surface area contributed by atoms with E-state index < -0.39 is 0 Å². The summed E-state index contributed by atoms with van der Waals surface area (Å²) in [5, 5.41) is 18.2. The van der Waals surface area contributed by atoms with Crippen LogP contribution >= 0.6 is 11.3 Å². The van der Waals surface area contributed by atoms with Gasteiger partial charge in [0.2, 0.25) is 0 Å². The van der Waals surface area contributed by atoms with E-state index in [0.717, 1.165) is 41.9 Å². The lowest BCUT2D eigenvalue weighted by Crippen LogP contribution is -2.40. The summed E-state index contributed by atoms with van der Waals surface area (Å²) in [7, 11) is 0. The number of amides is 2. The Labute approximate surface area is 133 Å². The molecule has 0 spiro atoms. The van der Waals surface area contributed by atoms with Crippen LogP contribution in [-0.2, 0) is 0 Å². The number of aliphatic hydroxyl groups is 1. The van der Waals surface area contributed by atoms with E-state index in [9.17, 15) is 9.90 Å². The van der Waals surface area contributed by atoms with Crippen molar-refractivity contribution in [2.24, 2.45) is 0 Å². The third-order valence-electron chi connectivity index (χ3n) is 3.85. The summed E-state index contributed by atoms with van der Waals surface area (Å²) in [4.78, 5) is 16.2. The van der Waals surface area contributed by atoms with Crippen molar-refractivity contribution in [3.63, 3.8) is 0 Å². The van der Waals surface area contributed by atoms with Gasteiger partial charge < -0.3 is 15.7 Å². The second kappa shape index (κ2) is 6.89. The lowest BCUT2D eigenvalue weighted by molar-refractivity contribution is 0.118. The predicted molar refractivity (Wildman–Crippen MR) is 88.0 cm³/mol. The van der Waals surface area contributed by atoms with Crippen LogP contribution in [0.1, 0.15) is 25.7 Å². The molecule has 1 aromatic carbocycles. The first-order chi connectivity index (χ1) is 10.7. The van der Waals surface area contributed by atoms with Gasteiger partial charge in [0, 0.05) is 28.9 Å². The van der Waals surface area contributed by atoms with Crippen molar-refractivity contribution < 1.29 is 9.90 Å². The van der Waals surface area contributed by atoms with E-state index in [-0.39, 0.29) is 18.2 Å². The Morgan fingerprint density at radius 3 is 2.55 bits per heavy atom. The number of carbonyl (C=O) groups excluding carboxylic acids is 1. The van der Waals surface area contributed by atoms with Crippen LogP contribution in [0, 0.1) is 0 Å². The van der Waals surface area contributed by atoms with E-state index in [1.807, 2.05) is 29.6 Å². The third-order valence-corrected chi connectivity index (χ3v) is 4.68. The van der Waals surface area contributed by atoms with Gasteiger partial charge >= 0.3 is 6.03 Å². The van der Waals surface area contributed by atoms with Crippen LogP contribution in [0.25, 0.3) is 10.6 Å². The molecule has 1 saturated carbocycles. The number of aromatic nitrogens is 1. The Balaban J connectivity index is 1.53. The number of hydrogen-bond acceptors (Lipinski definition) is 4. The number of thiazole rings is 1. The van der Waals surface area contributed by atoms with Crippen molar-refractivity contribution in [1.29, 1.82) is 0 Å². The first kappa shape index (κ1) is 15.0. The molecule has 22 heavy (non-hydrogen) atoms. The van der Waals surface area contributed by atoms with E-state index in [2.05, 4.69) is 15.6 Å². The molecular weight excluding hydrogens is 298 g/mol. The normalized spacial score (nSPS) is 21.3. The maximum Gasteiger partial charge on any atom is 0.319 e. The van der Waals surface area contributed by atoms with Crippen molar-refractivity contribution in [1.82, 2.24) is 10.3 Å². The van der Waals surface area contributed by atoms with Gasteiger partial charge in [-0.1, -0.05) is 0 Å². The summed E-state index contributed by atoms with van der Waals surface area (Å²) in [6.07, 6.45) is 4.75. The number of benzene rings is 1. The molecule has 0 unspecified atom stereocenters. The molecule has 2 aromatic rings. The van der Waals surface area contributed by atoms with E-state index in [4.69, 9.17) is 0 Å². The predicted octanol–water partition coefficient (Wildman–Crippen LogP) is 3.24. The van der Waals surface area contributed by atoms with Crippen molar-refractivity contribution in [3.8, 4) is 10.6 Å². The maximum absolute atomic E-state index is 12.0. The highest BCUT2D eigenvalue weighted by Gasteiger charge is 2.20. The van der Waals surface area contributed by atoms with Gasteiger partial charge in [0.15, 0.2) is 0 Å². The molecule has 116 valence electrons. The topological polar surface area (TPSA) is 74.2 Å². The first-order valence-electron chi connectivity index (χ1n) is 7.46. The van der Waals surface area contributed by atoms with Gasteiger partial charge in [0.05, 0.1) is 6.10 Å². The molecule has 3 rings (SSSR count). The van der Waals surface area contributed by atoms with Gasteiger partial charge in [-0.3, -0.25) is 0 Å². The van der Waals surface area contributed by atoms with E-state index in [0.29, 0.717) is 0 Å². The molecule has 0 saturated heterocycles.